The lowest BCUT2D eigenvalue weighted by Gasteiger charge is -2.25. The first kappa shape index (κ1) is 13.2. The SMILES string of the molecule is COc1cc(NC(C)(C)CO)cc([N+](=O)[O-])c1. The molecule has 0 aliphatic carbocycles. The number of hydrogen-bond donors (Lipinski definition) is 2. The maximum atomic E-state index is 10.7. The van der Waals surface area contributed by atoms with Gasteiger partial charge in [0.2, 0.25) is 0 Å². The van der Waals surface area contributed by atoms with Crippen molar-refractivity contribution in [3.8, 4) is 5.75 Å². The Morgan fingerprint density at radius 3 is 2.59 bits per heavy atom. The van der Waals surface area contributed by atoms with Crippen LogP contribution < -0.4 is 10.1 Å². The van der Waals surface area contributed by atoms with Crippen molar-refractivity contribution >= 4 is 11.4 Å². The van der Waals surface area contributed by atoms with E-state index in [0.29, 0.717) is 11.4 Å². The molecule has 0 atom stereocenters. The molecule has 6 nitrogen and oxygen atoms in total. The zero-order valence-electron chi connectivity index (χ0n) is 10.1. The van der Waals surface area contributed by atoms with Crippen molar-refractivity contribution in [3.63, 3.8) is 0 Å². The second-order valence-electron chi connectivity index (χ2n) is 4.34. The molecule has 0 unspecified atom stereocenters. The highest BCUT2D eigenvalue weighted by Gasteiger charge is 2.18. The summed E-state index contributed by atoms with van der Waals surface area (Å²) in [6.45, 7) is 3.49. The van der Waals surface area contributed by atoms with E-state index in [4.69, 9.17) is 9.84 Å². The Morgan fingerprint density at radius 2 is 2.12 bits per heavy atom. The maximum Gasteiger partial charge on any atom is 0.275 e. The van der Waals surface area contributed by atoms with Gasteiger partial charge in [-0.3, -0.25) is 10.1 Å². The fourth-order valence-corrected chi connectivity index (χ4v) is 1.31. The van der Waals surface area contributed by atoms with Gasteiger partial charge in [-0.05, 0) is 13.8 Å². The number of anilines is 1. The number of non-ortho nitro benzene ring substituents is 1. The van der Waals surface area contributed by atoms with Gasteiger partial charge < -0.3 is 15.2 Å². The van der Waals surface area contributed by atoms with Crippen LogP contribution in [0.1, 0.15) is 13.8 Å². The van der Waals surface area contributed by atoms with Crippen molar-refractivity contribution < 1.29 is 14.8 Å². The van der Waals surface area contributed by atoms with Crippen molar-refractivity contribution in [3.05, 3.63) is 28.3 Å². The Labute approximate surface area is 99.4 Å². The van der Waals surface area contributed by atoms with E-state index in [9.17, 15) is 10.1 Å². The number of nitrogens with one attached hydrogen (secondary N) is 1. The second-order valence-corrected chi connectivity index (χ2v) is 4.34. The average Bonchev–Trinajstić information content (AvgIpc) is 2.28. The summed E-state index contributed by atoms with van der Waals surface area (Å²) in [6.07, 6.45) is 0. The molecule has 0 fully saturated rings. The van der Waals surface area contributed by atoms with Gasteiger partial charge >= 0.3 is 0 Å². The Morgan fingerprint density at radius 1 is 1.47 bits per heavy atom. The summed E-state index contributed by atoms with van der Waals surface area (Å²) in [7, 11) is 1.44. The van der Waals surface area contributed by atoms with Gasteiger partial charge in [0.05, 0.1) is 30.2 Å². The summed E-state index contributed by atoms with van der Waals surface area (Å²) in [5.74, 6) is 0.399. The Hall–Kier alpha value is -1.82. The normalized spacial score (nSPS) is 11.1. The first-order chi connectivity index (χ1) is 7.88. The van der Waals surface area contributed by atoms with Crippen LogP contribution in [0.4, 0.5) is 11.4 Å². The van der Waals surface area contributed by atoms with E-state index in [1.54, 1.807) is 19.9 Å². The van der Waals surface area contributed by atoms with Crippen molar-refractivity contribution in [1.82, 2.24) is 0 Å². The van der Waals surface area contributed by atoms with Gasteiger partial charge in [0, 0.05) is 17.8 Å². The molecule has 2 N–H and O–H groups in total. The molecule has 0 saturated carbocycles. The van der Waals surface area contributed by atoms with Crippen LogP contribution >= 0.6 is 0 Å². The van der Waals surface area contributed by atoms with E-state index in [2.05, 4.69) is 5.32 Å². The number of aliphatic hydroxyl groups is 1. The van der Waals surface area contributed by atoms with Gasteiger partial charge in [-0.1, -0.05) is 0 Å². The molecular formula is C11H16N2O4. The Kier molecular flexibility index (Phi) is 3.90. The minimum atomic E-state index is -0.555. The number of rotatable bonds is 5. The summed E-state index contributed by atoms with van der Waals surface area (Å²) >= 11 is 0. The first-order valence-corrected chi connectivity index (χ1v) is 5.10. The summed E-state index contributed by atoms with van der Waals surface area (Å²) in [6, 6.07) is 4.39. The van der Waals surface area contributed by atoms with E-state index in [1.165, 1.54) is 19.2 Å². The first-order valence-electron chi connectivity index (χ1n) is 5.10. The molecule has 0 saturated heterocycles. The van der Waals surface area contributed by atoms with Gasteiger partial charge in [-0.2, -0.15) is 0 Å². The van der Waals surface area contributed by atoms with Crippen molar-refractivity contribution in [1.29, 1.82) is 0 Å². The van der Waals surface area contributed by atoms with Crippen molar-refractivity contribution in [2.45, 2.75) is 19.4 Å². The average molecular weight is 240 g/mol. The third-order valence-electron chi connectivity index (χ3n) is 2.22. The van der Waals surface area contributed by atoms with E-state index >= 15 is 0 Å². The predicted octanol–water partition coefficient (Wildman–Crippen LogP) is 1.79. The van der Waals surface area contributed by atoms with E-state index in [0.717, 1.165) is 0 Å². The number of methoxy groups -OCH3 is 1. The molecule has 0 spiro atoms. The molecule has 1 aromatic carbocycles. The molecule has 0 radical (unpaired) electrons. The second kappa shape index (κ2) is 5.01. The zero-order chi connectivity index (χ0) is 13.1. The van der Waals surface area contributed by atoms with E-state index in [-0.39, 0.29) is 12.3 Å². The molecule has 94 valence electrons. The molecule has 0 aliphatic heterocycles. The molecule has 6 heteroatoms. The quantitative estimate of drug-likeness (QED) is 0.605. The third kappa shape index (κ3) is 3.60. The lowest BCUT2D eigenvalue weighted by molar-refractivity contribution is -0.384. The molecule has 17 heavy (non-hydrogen) atoms. The highest BCUT2D eigenvalue weighted by Crippen LogP contribution is 2.27. The summed E-state index contributed by atoms with van der Waals surface area (Å²) in [5, 5.41) is 22.9. The third-order valence-corrected chi connectivity index (χ3v) is 2.22. The standard InChI is InChI=1S/C11H16N2O4/c1-11(2,7-14)12-8-4-9(13(15)16)6-10(5-8)17-3/h4-6,12,14H,7H2,1-3H3. The maximum absolute atomic E-state index is 10.7. The van der Waals surface area contributed by atoms with Gasteiger partial charge in [0.15, 0.2) is 0 Å². The number of ether oxygens (including phenoxy) is 1. The fourth-order valence-electron chi connectivity index (χ4n) is 1.31. The lowest BCUT2D eigenvalue weighted by atomic mass is 10.1. The number of hydrogen-bond acceptors (Lipinski definition) is 5. The monoisotopic (exact) mass is 240 g/mol. The molecule has 1 aromatic rings. The summed E-state index contributed by atoms with van der Waals surface area (Å²) in [5.41, 5.74) is -0.0732. The largest absolute Gasteiger partial charge is 0.496 e. The van der Waals surface area contributed by atoms with Crippen LogP contribution in [0, 0.1) is 10.1 Å². The number of nitro benzene ring substituents is 1. The molecule has 0 aromatic heterocycles. The van der Waals surface area contributed by atoms with Crippen LogP contribution in [0.3, 0.4) is 0 Å². The number of nitrogens with zero attached hydrogens (tertiary/aromatic N) is 1. The van der Waals surface area contributed by atoms with Crippen LogP contribution in [0.25, 0.3) is 0 Å². The predicted molar refractivity (Wildman–Crippen MR) is 64.4 cm³/mol. The highest BCUT2D eigenvalue weighted by molar-refractivity contribution is 5.57. The molecule has 0 heterocycles. The van der Waals surface area contributed by atoms with E-state index < -0.39 is 10.5 Å². The Bertz CT molecular complexity index is 418. The van der Waals surface area contributed by atoms with Crippen LogP contribution in [0.15, 0.2) is 18.2 Å². The molecular weight excluding hydrogens is 224 g/mol. The molecule has 0 amide bonds. The topological polar surface area (TPSA) is 84.6 Å². The van der Waals surface area contributed by atoms with E-state index in [1.807, 2.05) is 0 Å². The number of nitro groups is 1. The molecule has 0 bridgehead atoms. The van der Waals surface area contributed by atoms with Crippen LogP contribution in [-0.4, -0.2) is 29.3 Å². The number of aliphatic hydroxyl groups excluding tert-OH is 1. The minimum absolute atomic E-state index is 0.0550. The zero-order valence-corrected chi connectivity index (χ0v) is 10.1. The van der Waals surface area contributed by atoms with Gasteiger partial charge in [-0.25, -0.2) is 0 Å². The fraction of sp³-hybridized carbons (Fsp3) is 0.455. The van der Waals surface area contributed by atoms with Gasteiger partial charge in [-0.15, -0.1) is 0 Å². The Balaban J connectivity index is 3.07. The minimum Gasteiger partial charge on any atom is -0.496 e. The van der Waals surface area contributed by atoms with Gasteiger partial charge in [0.1, 0.15) is 5.75 Å². The molecule has 1 rings (SSSR count). The van der Waals surface area contributed by atoms with Crippen molar-refractivity contribution in [2.24, 2.45) is 0 Å². The smallest absolute Gasteiger partial charge is 0.275 e. The molecule has 0 aliphatic rings. The van der Waals surface area contributed by atoms with Crippen LogP contribution in [0.5, 0.6) is 5.75 Å². The van der Waals surface area contributed by atoms with Crippen LogP contribution in [0.2, 0.25) is 0 Å². The summed E-state index contributed by atoms with van der Waals surface area (Å²) in [4.78, 5) is 10.2. The lowest BCUT2D eigenvalue weighted by Crippen LogP contribution is -2.34. The van der Waals surface area contributed by atoms with Crippen molar-refractivity contribution in [2.75, 3.05) is 19.0 Å². The summed E-state index contributed by atoms with van der Waals surface area (Å²) < 4.78 is 4.99. The highest BCUT2D eigenvalue weighted by atomic mass is 16.6. The van der Waals surface area contributed by atoms with Gasteiger partial charge in [0.25, 0.3) is 5.69 Å². The number of benzene rings is 1. The van der Waals surface area contributed by atoms with Crippen LogP contribution in [-0.2, 0) is 0 Å².